The van der Waals surface area contributed by atoms with Gasteiger partial charge in [-0.25, -0.2) is 0 Å². The SMILES string of the molecule is NC1NC(=O)C2NCN(c3ccccc3C3CCOC4(CCCCC4)C4OC(Oc5c3cc3c(c5OCC(O)CC=O)C(=O)c5cc(CO)ccc5C3=O)C(O)C(O)C4O)C2N1. The number of anilines is 1. The van der Waals surface area contributed by atoms with Crippen LogP contribution in [0.5, 0.6) is 11.5 Å². The zero-order valence-electron chi connectivity index (χ0n) is 33.8. The van der Waals surface area contributed by atoms with Gasteiger partial charge in [0.2, 0.25) is 12.2 Å². The molecule has 1 amide bonds. The summed E-state index contributed by atoms with van der Waals surface area (Å²) in [6.07, 6.45) is -7.02. The van der Waals surface area contributed by atoms with Gasteiger partial charge in [-0.15, -0.1) is 0 Å². The number of nitrogens with two attached hydrogens (primary N) is 1. The first-order valence-electron chi connectivity index (χ1n) is 21.1. The van der Waals surface area contributed by atoms with Gasteiger partial charge in [0.05, 0.1) is 30.5 Å². The molecule has 4 fully saturated rings. The highest BCUT2D eigenvalue weighted by atomic mass is 16.7. The van der Waals surface area contributed by atoms with E-state index in [1.165, 1.54) is 12.1 Å². The molecule has 0 radical (unpaired) electrons. The molecule has 4 heterocycles. The zero-order valence-corrected chi connectivity index (χ0v) is 33.8. The molecule has 9 rings (SSSR count). The van der Waals surface area contributed by atoms with Crippen molar-refractivity contribution in [1.82, 2.24) is 16.0 Å². The van der Waals surface area contributed by atoms with E-state index in [4.69, 9.17) is 24.7 Å². The summed E-state index contributed by atoms with van der Waals surface area (Å²) >= 11 is 0. The number of carbonyl (C=O) groups excluding carboxylic acids is 4. The van der Waals surface area contributed by atoms with E-state index in [1.54, 1.807) is 12.1 Å². The second kappa shape index (κ2) is 17.0. The minimum Gasteiger partial charge on any atom is -0.486 e. The average Bonchev–Trinajstić information content (AvgIpc) is 3.70. The minimum atomic E-state index is -1.84. The quantitative estimate of drug-likeness (QED) is 0.103. The molecule has 1 saturated carbocycles. The molecule has 3 aromatic rings. The number of nitrogens with zero attached hydrogens (tertiary/aromatic N) is 1. The molecular weight excluding hydrogens is 807 g/mol. The predicted molar refractivity (Wildman–Crippen MR) is 217 cm³/mol. The Bertz CT molecular complexity index is 2250. The summed E-state index contributed by atoms with van der Waals surface area (Å²) in [5, 5.41) is 64.6. The monoisotopic (exact) mass is 857 g/mol. The summed E-state index contributed by atoms with van der Waals surface area (Å²) in [5.74, 6) is -2.68. The number of carbonyl (C=O) groups is 4. The van der Waals surface area contributed by atoms with Crippen molar-refractivity contribution in [3.8, 4) is 11.5 Å². The number of rotatable bonds is 8. The number of aldehydes is 1. The van der Waals surface area contributed by atoms with Crippen molar-refractivity contribution in [2.75, 3.05) is 24.8 Å². The first-order valence-corrected chi connectivity index (χ1v) is 21.1. The number of nitrogens with one attached hydrogen (secondary N) is 3. The normalized spacial score (nSPS) is 30.8. The number of ketones is 2. The van der Waals surface area contributed by atoms with Gasteiger partial charge in [0.25, 0.3) is 0 Å². The minimum absolute atomic E-state index is 0.00985. The molecule has 3 aromatic carbocycles. The van der Waals surface area contributed by atoms with E-state index in [0.717, 1.165) is 19.3 Å². The van der Waals surface area contributed by atoms with Crippen molar-refractivity contribution < 1.29 is 63.7 Å². The molecule has 18 heteroatoms. The van der Waals surface area contributed by atoms with E-state index in [1.807, 2.05) is 29.2 Å². The third-order valence-electron chi connectivity index (χ3n) is 13.2. The molecule has 10 N–H and O–H groups in total. The molecule has 62 heavy (non-hydrogen) atoms. The number of aliphatic hydroxyl groups excluding tert-OH is 5. The molecule has 18 nitrogen and oxygen atoms in total. The van der Waals surface area contributed by atoms with Crippen LogP contribution in [-0.2, 0) is 25.7 Å². The number of hydrogen-bond acceptors (Lipinski definition) is 17. The fourth-order valence-electron chi connectivity index (χ4n) is 10.1. The second-order valence-corrected chi connectivity index (χ2v) is 16.9. The maximum absolute atomic E-state index is 14.7. The van der Waals surface area contributed by atoms with Crippen LogP contribution < -0.4 is 36.1 Å². The van der Waals surface area contributed by atoms with Gasteiger partial charge < -0.3 is 59.5 Å². The predicted octanol–water partition coefficient (Wildman–Crippen LogP) is -0.252. The van der Waals surface area contributed by atoms with Crippen LogP contribution in [0, 0.1) is 0 Å². The van der Waals surface area contributed by atoms with Crippen LogP contribution in [0.15, 0.2) is 48.5 Å². The van der Waals surface area contributed by atoms with Gasteiger partial charge in [0.1, 0.15) is 55.8 Å². The molecule has 10 atom stereocenters. The van der Waals surface area contributed by atoms with Crippen LogP contribution in [-0.4, -0.2) is 130 Å². The average molecular weight is 858 g/mol. The Morgan fingerprint density at radius 1 is 0.952 bits per heavy atom. The van der Waals surface area contributed by atoms with Crippen molar-refractivity contribution in [3.05, 3.63) is 87.5 Å². The molecule has 4 aliphatic heterocycles. The van der Waals surface area contributed by atoms with Crippen LogP contribution in [0.1, 0.15) is 99.4 Å². The van der Waals surface area contributed by atoms with E-state index in [0.29, 0.717) is 41.5 Å². The number of ether oxygens (including phenoxy) is 4. The van der Waals surface area contributed by atoms with Gasteiger partial charge in [-0.1, -0.05) is 43.5 Å². The smallest absolute Gasteiger partial charge is 0.242 e. The number of amides is 1. The van der Waals surface area contributed by atoms with Crippen molar-refractivity contribution in [3.63, 3.8) is 0 Å². The summed E-state index contributed by atoms with van der Waals surface area (Å²) in [4.78, 5) is 55.9. The summed E-state index contributed by atoms with van der Waals surface area (Å²) in [6, 6.07) is 12.8. The lowest BCUT2D eigenvalue weighted by Gasteiger charge is -2.50. The highest BCUT2D eigenvalue weighted by Crippen LogP contribution is 2.51. The number of aliphatic hydroxyl groups is 5. The lowest BCUT2D eigenvalue weighted by atomic mass is 9.76. The third kappa shape index (κ3) is 7.27. The molecule has 3 saturated heterocycles. The van der Waals surface area contributed by atoms with Crippen molar-refractivity contribution in [1.29, 1.82) is 0 Å². The summed E-state index contributed by atoms with van der Waals surface area (Å²) in [6.45, 7) is -0.637. The maximum Gasteiger partial charge on any atom is 0.242 e. The van der Waals surface area contributed by atoms with Crippen LogP contribution in [0.4, 0.5) is 5.69 Å². The first kappa shape index (κ1) is 42.4. The zero-order chi connectivity index (χ0) is 43.4. The van der Waals surface area contributed by atoms with E-state index in [2.05, 4.69) is 16.0 Å². The number of benzene rings is 3. The summed E-state index contributed by atoms with van der Waals surface area (Å²) in [5.41, 5.74) is 6.91. The number of fused-ring (bicyclic) bond motifs is 7. The van der Waals surface area contributed by atoms with Gasteiger partial charge in [-0.05, 0) is 54.7 Å². The molecule has 1 spiro atoms. The first-order chi connectivity index (χ1) is 29.9. The summed E-state index contributed by atoms with van der Waals surface area (Å²) in [7, 11) is 0. The summed E-state index contributed by atoms with van der Waals surface area (Å²) < 4.78 is 26.4. The Morgan fingerprint density at radius 2 is 1.74 bits per heavy atom. The van der Waals surface area contributed by atoms with Crippen LogP contribution in [0.25, 0.3) is 0 Å². The van der Waals surface area contributed by atoms with Crippen LogP contribution in [0.3, 0.4) is 0 Å². The molecular formula is C44H51N5O13. The van der Waals surface area contributed by atoms with E-state index >= 15 is 0 Å². The largest absolute Gasteiger partial charge is 0.486 e. The Morgan fingerprint density at radius 3 is 2.52 bits per heavy atom. The Hall–Kier alpha value is -4.86. The molecule has 2 aliphatic carbocycles. The molecule has 0 aromatic heterocycles. The highest BCUT2D eigenvalue weighted by molar-refractivity contribution is 6.29. The molecule has 10 unspecified atom stereocenters. The maximum atomic E-state index is 14.7. The molecule has 330 valence electrons. The van der Waals surface area contributed by atoms with Gasteiger partial charge in [0, 0.05) is 46.9 Å². The Labute approximate surface area is 356 Å². The Balaban J connectivity index is 1.28. The third-order valence-corrected chi connectivity index (χ3v) is 13.2. The lowest BCUT2D eigenvalue weighted by molar-refractivity contribution is -0.314. The van der Waals surface area contributed by atoms with E-state index in [-0.39, 0.29) is 65.8 Å². The molecule has 6 aliphatic rings. The lowest BCUT2D eigenvalue weighted by Crippen LogP contribution is -2.70. The fraction of sp³-hybridized carbons (Fsp3) is 0.500. The van der Waals surface area contributed by atoms with E-state index < -0.39 is 91.6 Å². The van der Waals surface area contributed by atoms with Crippen molar-refractivity contribution in [2.45, 2.75) is 118 Å². The highest BCUT2D eigenvalue weighted by Gasteiger charge is 2.56. The van der Waals surface area contributed by atoms with Crippen molar-refractivity contribution in [2.24, 2.45) is 5.73 Å². The van der Waals surface area contributed by atoms with Gasteiger partial charge >= 0.3 is 0 Å². The number of hydrogen-bond donors (Lipinski definition) is 9. The Kier molecular flexibility index (Phi) is 11.7. The van der Waals surface area contributed by atoms with Gasteiger partial charge in [0.15, 0.2) is 23.1 Å². The van der Waals surface area contributed by atoms with Gasteiger partial charge in [-0.2, -0.15) is 0 Å². The second-order valence-electron chi connectivity index (χ2n) is 16.9. The topological polar surface area (TPSA) is 272 Å². The van der Waals surface area contributed by atoms with Crippen LogP contribution in [0.2, 0.25) is 0 Å². The standard InChI is InChI=1S/C44H51N5O13/c45-43-47-40-31(41(58)48-43)46-20-49(40)29-7-3-2-6-24(29)23-11-15-60-44(12-4-1-5-13-44)39-35(56)34(55)36(57)42(62-39)61-37-27(23)17-28-30(38(37)59-19-22(52)10-14-50)33(54)26-16-21(18-51)8-9-25(26)32(28)53/h2-3,6-9,14,16-17,22-23,31,34-36,39-40,42-43,46-47,51-52,55-57H,1,4-5,10-13,15,18-20,45H2,(H,48,58). The van der Waals surface area contributed by atoms with Gasteiger partial charge in [-0.3, -0.25) is 30.8 Å². The van der Waals surface area contributed by atoms with E-state index in [9.17, 15) is 44.7 Å². The fourth-order valence-corrected chi connectivity index (χ4v) is 10.1. The molecule has 2 bridgehead atoms. The van der Waals surface area contributed by atoms with Crippen LogP contribution >= 0.6 is 0 Å². The van der Waals surface area contributed by atoms with Crippen molar-refractivity contribution >= 4 is 29.4 Å². The number of para-hydroxylation sites is 1.